The zero-order valence-corrected chi connectivity index (χ0v) is 11.8. The first-order valence-electron chi connectivity index (χ1n) is 6.25. The van der Waals surface area contributed by atoms with Crippen LogP contribution in [0.15, 0.2) is 24.3 Å². The third-order valence-corrected chi connectivity index (χ3v) is 2.37. The van der Waals surface area contributed by atoms with Gasteiger partial charge < -0.3 is 15.6 Å². The van der Waals surface area contributed by atoms with E-state index in [1.807, 2.05) is 0 Å². The smallest absolute Gasteiger partial charge is 0.412 e. The standard InChI is InChI=1S/C14H20N2O4/c1-14(2,3)20-13(19)16-10-6-4-9(5-7-10)8-11(15)12(17)18/h4-7,11H,8,15H2,1-3H3,(H,16,19)(H,17,18)/t11-/m1/s1. The summed E-state index contributed by atoms with van der Waals surface area (Å²) in [5.74, 6) is -1.04. The van der Waals surface area contributed by atoms with E-state index in [1.54, 1.807) is 45.0 Å². The average Bonchev–Trinajstić information content (AvgIpc) is 2.28. The van der Waals surface area contributed by atoms with Crippen LogP contribution < -0.4 is 11.1 Å². The van der Waals surface area contributed by atoms with E-state index in [0.29, 0.717) is 5.69 Å². The molecule has 1 rings (SSSR count). The Bertz CT molecular complexity index is 477. The predicted octanol–water partition coefficient (Wildman–Crippen LogP) is 1.99. The number of ether oxygens (including phenoxy) is 1. The highest BCUT2D eigenvalue weighted by Gasteiger charge is 2.16. The van der Waals surface area contributed by atoms with Crippen molar-refractivity contribution in [3.05, 3.63) is 29.8 Å². The van der Waals surface area contributed by atoms with Crippen LogP contribution in [-0.4, -0.2) is 28.8 Å². The number of carboxylic acid groups (broad SMARTS) is 1. The molecule has 0 unspecified atom stereocenters. The maximum atomic E-state index is 11.5. The van der Waals surface area contributed by atoms with Gasteiger partial charge in [-0.25, -0.2) is 4.79 Å². The number of amides is 1. The summed E-state index contributed by atoms with van der Waals surface area (Å²) in [6, 6.07) is 5.85. The van der Waals surface area contributed by atoms with E-state index in [-0.39, 0.29) is 6.42 Å². The van der Waals surface area contributed by atoms with Gasteiger partial charge in [-0.2, -0.15) is 0 Å². The lowest BCUT2D eigenvalue weighted by Gasteiger charge is -2.19. The van der Waals surface area contributed by atoms with Crippen molar-refractivity contribution in [2.45, 2.75) is 38.8 Å². The van der Waals surface area contributed by atoms with E-state index in [1.165, 1.54) is 0 Å². The van der Waals surface area contributed by atoms with Gasteiger partial charge in [0.15, 0.2) is 0 Å². The fraction of sp³-hybridized carbons (Fsp3) is 0.429. The Hall–Kier alpha value is -2.08. The lowest BCUT2D eigenvalue weighted by molar-refractivity contribution is -0.138. The van der Waals surface area contributed by atoms with E-state index in [0.717, 1.165) is 5.56 Å². The highest BCUT2D eigenvalue weighted by molar-refractivity contribution is 5.84. The molecule has 0 aromatic heterocycles. The molecule has 0 saturated carbocycles. The van der Waals surface area contributed by atoms with Crippen molar-refractivity contribution in [1.82, 2.24) is 0 Å². The Labute approximate surface area is 117 Å². The molecule has 1 aromatic carbocycles. The lowest BCUT2D eigenvalue weighted by Crippen LogP contribution is -2.32. The maximum absolute atomic E-state index is 11.5. The quantitative estimate of drug-likeness (QED) is 0.782. The van der Waals surface area contributed by atoms with Crippen molar-refractivity contribution < 1.29 is 19.4 Å². The highest BCUT2D eigenvalue weighted by Crippen LogP contribution is 2.13. The summed E-state index contributed by atoms with van der Waals surface area (Å²) in [5, 5.41) is 11.3. The van der Waals surface area contributed by atoms with Crippen LogP contribution in [-0.2, 0) is 16.0 Å². The van der Waals surface area contributed by atoms with Gasteiger partial charge in [-0.1, -0.05) is 12.1 Å². The maximum Gasteiger partial charge on any atom is 0.412 e. The Kier molecular flexibility index (Phi) is 5.10. The fourth-order valence-electron chi connectivity index (χ4n) is 1.49. The first-order chi connectivity index (χ1) is 9.17. The molecule has 0 aliphatic carbocycles. The predicted molar refractivity (Wildman–Crippen MR) is 75.6 cm³/mol. The Morgan fingerprint density at radius 1 is 1.30 bits per heavy atom. The first kappa shape index (κ1) is 16.0. The number of anilines is 1. The van der Waals surface area contributed by atoms with Crippen LogP contribution in [0.3, 0.4) is 0 Å². The summed E-state index contributed by atoms with van der Waals surface area (Å²) in [5.41, 5.74) is 6.25. The molecule has 0 fully saturated rings. The largest absolute Gasteiger partial charge is 0.480 e. The molecule has 1 atom stereocenters. The van der Waals surface area contributed by atoms with Crippen LogP contribution in [0, 0.1) is 0 Å². The van der Waals surface area contributed by atoms with Crippen molar-refractivity contribution in [2.75, 3.05) is 5.32 Å². The molecule has 20 heavy (non-hydrogen) atoms. The monoisotopic (exact) mass is 280 g/mol. The van der Waals surface area contributed by atoms with Crippen LogP contribution in [0.1, 0.15) is 26.3 Å². The van der Waals surface area contributed by atoms with Crippen molar-refractivity contribution in [2.24, 2.45) is 5.73 Å². The molecule has 0 heterocycles. The zero-order valence-electron chi connectivity index (χ0n) is 11.8. The third-order valence-electron chi connectivity index (χ3n) is 2.37. The number of nitrogens with one attached hydrogen (secondary N) is 1. The number of benzene rings is 1. The topological polar surface area (TPSA) is 102 Å². The van der Waals surface area contributed by atoms with Gasteiger partial charge in [0.2, 0.25) is 0 Å². The summed E-state index contributed by atoms with van der Waals surface area (Å²) < 4.78 is 5.12. The van der Waals surface area contributed by atoms with Crippen LogP contribution in [0.5, 0.6) is 0 Å². The lowest BCUT2D eigenvalue weighted by atomic mass is 10.1. The molecule has 1 amide bonds. The number of aliphatic carboxylic acids is 1. The molecule has 6 heteroatoms. The summed E-state index contributed by atoms with van der Waals surface area (Å²) in [7, 11) is 0. The van der Waals surface area contributed by atoms with Crippen molar-refractivity contribution >= 4 is 17.7 Å². The van der Waals surface area contributed by atoms with Crippen LogP contribution in [0.2, 0.25) is 0 Å². The van der Waals surface area contributed by atoms with Crippen molar-refractivity contribution in [3.63, 3.8) is 0 Å². The molecular weight excluding hydrogens is 260 g/mol. The molecule has 1 aromatic rings. The second-order valence-corrected chi connectivity index (χ2v) is 5.47. The number of carboxylic acids is 1. The van der Waals surface area contributed by atoms with Crippen molar-refractivity contribution in [3.8, 4) is 0 Å². The summed E-state index contributed by atoms with van der Waals surface area (Å²) in [4.78, 5) is 22.2. The number of hydrogen-bond donors (Lipinski definition) is 3. The van der Waals surface area contributed by atoms with E-state index in [4.69, 9.17) is 15.6 Å². The van der Waals surface area contributed by atoms with Gasteiger partial charge in [-0.15, -0.1) is 0 Å². The summed E-state index contributed by atoms with van der Waals surface area (Å²) in [6.07, 6.45) is -0.297. The fourth-order valence-corrected chi connectivity index (χ4v) is 1.49. The van der Waals surface area contributed by atoms with Gasteiger partial charge in [0, 0.05) is 5.69 Å². The SMILES string of the molecule is CC(C)(C)OC(=O)Nc1ccc(C[C@@H](N)C(=O)O)cc1. The Balaban J connectivity index is 2.59. The second-order valence-electron chi connectivity index (χ2n) is 5.47. The molecule has 0 aliphatic rings. The molecule has 0 spiro atoms. The van der Waals surface area contributed by atoms with Gasteiger partial charge in [0.1, 0.15) is 11.6 Å². The van der Waals surface area contributed by atoms with E-state index in [2.05, 4.69) is 5.32 Å². The minimum absolute atomic E-state index is 0.238. The zero-order chi connectivity index (χ0) is 15.3. The highest BCUT2D eigenvalue weighted by atomic mass is 16.6. The van der Waals surface area contributed by atoms with Crippen molar-refractivity contribution in [1.29, 1.82) is 0 Å². The molecule has 6 nitrogen and oxygen atoms in total. The molecule has 0 aliphatic heterocycles. The number of carbonyl (C=O) groups is 2. The molecule has 4 N–H and O–H groups in total. The van der Waals surface area contributed by atoms with Gasteiger partial charge in [-0.3, -0.25) is 10.1 Å². The molecule has 0 saturated heterocycles. The minimum Gasteiger partial charge on any atom is -0.480 e. The van der Waals surface area contributed by atoms with Crippen LogP contribution >= 0.6 is 0 Å². The first-order valence-corrected chi connectivity index (χ1v) is 6.25. The van der Waals surface area contributed by atoms with Crippen LogP contribution in [0.4, 0.5) is 10.5 Å². The number of hydrogen-bond acceptors (Lipinski definition) is 4. The van der Waals surface area contributed by atoms with Crippen LogP contribution in [0.25, 0.3) is 0 Å². The molecule has 0 bridgehead atoms. The average molecular weight is 280 g/mol. The second kappa shape index (κ2) is 6.38. The minimum atomic E-state index is -1.04. The molecular formula is C14H20N2O4. The normalized spacial score (nSPS) is 12.6. The van der Waals surface area contributed by atoms with Gasteiger partial charge >= 0.3 is 12.1 Å². The Morgan fingerprint density at radius 2 is 1.85 bits per heavy atom. The number of carbonyl (C=O) groups excluding carboxylic acids is 1. The van der Waals surface area contributed by atoms with Gasteiger partial charge in [0.25, 0.3) is 0 Å². The molecule has 110 valence electrons. The van der Waals surface area contributed by atoms with Gasteiger partial charge in [-0.05, 0) is 44.9 Å². The number of nitrogens with two attached hydrogens (primary N) is 1. The van der Waals surface area contributed by atoms with E-state index >= 15 is 0 Å². The Morgan fingerprint density at radius 3 is 2.30 bits per heavy atom. The summed E-state index contributed by atoms with van der Waals surface area (Å²) in [6.45, 7) is 5.34. The third kappa shape index (κ3) is 5.71. The van der Waals surface area contributed by atoms with Gasteiger partial charge in [0.05, 0.1) is 0 Å². The molecule has 0 radical (unpaired) electrons. The summed E-state index contributed by atoms with van der Waals surface area (Å²) >= 11 is 0. The van der Waals surface area contributed by atoms with E-state index in [9.17, 15) is 9.59 Å². The van der Waals surface area contributed by atoms with E-state index < -0.39 is 23.7 Å². The number of rotatable bonds is 4.